The Kier molecular flexibility index (Phi) is 8.04. The van der Waals surface area contributed by atoms with Gasteiger partial charge in [0, 0.05) is 25.1 Å². The molecule has 3 heterocycles. The van der Waals surface area contributed by atoms with E-state index in [-0.39, 0.29) is 17.3 Å². The normalized spacial score (nSPS) is 15.4. The van der Waals surface area contributed by atoms with Crippen LogP contribution in [0, 0.1) is 0 Å². The van der Waals surface area contributed by atoms with Gasteiger partial charge in [-0.3, -0.25) is 9.52 Å². The molecule has 2 N–H and O–H groups in total. The van der Waals surface area contributed by atoms with E-state index in [4.69, 9.17) is 9.84 Å². The highest BCUT2D eigenvalue weighted by Gasteiger charge is 2.21. The van der Waals surface area contributed by atoms with Gasteiger partial charge >= 0.3 is 5.97 Å². The van der Waals surface area contributed by atoms with Gasteiger partial charge in [-0.05, 0) is 55.5 Å². The standard InChI is InChI=1S/C26H30N4O5S/c1-35-21-15-16-22-27-26(21)20-11-5-4-10-19(20)9-3-2-6-17-30(18-8-14-25(31)32)23-12-7-13-24(28-23)36(33,34)29-22/h4-5,7,10-13,15-16H,2-3,6,8-9,14,17-18H2,1H3,(H,27,29)(H,31,32). The Balaban J connectivity index is 1.74. The number of rotatable bonds is 5. The Hall–Kier alpha value is -3.66. The van der Waals surface area contributed by atoms with E-state index < -0.39 is 16.0 Å². The molecule has 0 fully saturated rings. The van der Waals surface area contributed by atoms with Crippen LogP contribution in [0.3, 0.4) is 0 Å². The number of carboxylic acid groups (broad SMARTS) is 1. The third-order valence-corrected chi connectivity index (χ3v) is 7.35. The fraction of sp³-hybridized carbons (Fsp3) is 0.346. The van der Waals surface area contributed by atoms with Gasteiger partial charge in [0.15, 0.2) is 5.03 Å². The fourth-order valence-corrected chi connectivity index (χ4v) is 5.27. The largest absolute Gasteiger partial charge is 0.494 e. The summed E-state index contributed by atoms with van der Waals surface area (Å²) in [6.07, 6.45) is 4.10. The highest BCUT2D eigenvalue weighted by molar-refractivity contribution is 7.92. The summed E-state index contributed by atoms with van der Waals surface area (Å²) in [5.41, 5.74) is 2.59. The number of aliphatic carboxylic acids is 1. The van der Waals surface area contributed by atoms with E-state index >= 15 is 0 Å². The molecule has 0 atom stereocenters. The molecule has 0 radical (unpaired) electrons. The maximum atomic E-state index is 13.2. The number of anilines is 2. The Morgan fingerprint density at radius 3 is 2.69 bits per heavy atom. The number of nitrogens with zero attached hydrogens (tertiary/aromatic N) is 3. The number of methoxy groups -OCH3 is 1. The second-order valence-electron chi connectivity index (χ2n) is 8.64. The molecule has 190 valence electrons. The summed E-state index contributed by atoms with van der Waals surface area (Å²) in [6.45, 7) is 1.13. The summed E-state index contributed by atoms with van der Waals surface area (Å²) in [5, 5.41) is 8.91. The van der Waals surface area contributed by atoms with Crippen LogP contribution in [-0.4, -0.2) is 49.7 Å². The maximum Gasteiger partial charge on any atom is 0.303 e. The minimum Gasteiger partial charge on any atom is -0.494 e. The number of aryl methyl sites for hydroxylation is 1. The molecule has 4 rings (SSSR count). The van der Waals surface area contributed by atoms with E-state index in [1.165, 1.54) is 6.07 Å². The van der Waals surface area contributed by atoms with Crippen LogP contribution in [0.5, 0.6) is 5.75 Å². The van der Waals surface area contributed by atoms with Crippen molar-refractivity contribution in [1.29, 1.82) is 0 Å². The number of ether oxygens (including phenoxy) is 1. The first-order valence-electron chi connectivity index (χ1n) is 12.0. The first-order chi connectivity index (χ1) is 17.4. The summed E-state index contributed by atoms with van der Waals surface area (Å²) in [6, 6.07) is 16.0. The molecule has 1 aliphatic rings. The number of benzene rings is 1. The number of fused-ring (bicyclic) bond motifs is 6. The zero-order valence-electron chi connectivity index (χ0n) is 20.2. The van der Waals surface area contributed by atoms with Crippen molar-refractivity contribution in [2.75, 3.05) is 29.8 Å². The molecular formula is C26H30N4O5S. The summed E-state index contributed by atoms with van der Waals surface area (Å²) in [4.78, 5) is 22.0. The number of aromatic nitrogens is 2. The van der Waals surface area contributed by atoms with Crippen LogP contribution in [0.25, 0.3) is 11.3 Å². The smallest absolute Gasteiger partial charge is 0.303 e. The van der Waals surface area contributed by atoms with Gasteiger partial charge in [-0.25, -0.2) is 9.97 Å². The predicted molar refractivity (Wildman–Crippen MR) is 138 cm³/mol. The van der Waals surface area contributed by atoms with Crippen LogP contribution in [0.2, 0.25) is 0 Å². The molecule has 0 saturated heterocycles. The third kappa shape index (κ3) is 6.12. The van der Waals surface area contributed by atoms with Crippen molar-refractivity contribution in [2.24, 2.45) is 0 Å². The number of hydrogen-bond donors (Lipinski definition) is 2. The molecule has 1 aliphatic heterocycles. The maximum absolute atomic E-state index is 13.2. The monoisotopic (exact) mass is 510 g/mol. The Morgan fingerprint density at radius 2 is 1.89 bits per heavy atom. The molecule has 0 aliphatic carbocycles. The van der Waals surface area contributed by atoms with Crippen molar-refractivity contribution < 1.29 is 23.1 Å². The molecular weight excluding hydrogens is 480 g/mol. The topological polar surface area (TPSA) is 122 Å². The Bertz CT molecular complexity index is 1330. The van der Waals surface area contributed by atoms with Gasteiger partial charge in [0.2, 0.25) is 0 Å². The van der Waals surface area contributed by atoms with E-state index in [9.17, 15) is 13.2 Å². The van der Waals surface area contributed by atoms with E-state index in [0.717, 1.165) is 36.8 Å². The average molecular weight is 511 g/mol. The van der Waals surface area contributed by atoms with E-state index in [1.807, 2.05) is 23.1 Å². The van der Waals surface area contributed by atoms with Crippen molar-refractivity contribution >= 4 is 27.6 Å². The first-order valence-corrected chi connectivity index (χ1v) is 13.5. The molecule has 1 aromatic carbocycles. The van der Waals surface area contributed by atoms with E-state index in [0.29, 0.717) is 36.8 Å². The van der Waals surface area contributed by atoms with Crippen LogP contribution in [0.4, 0.5) is 11.6 Å². The highest BCUT2D eigenvalue weighted by atomic mass is 32.2. The van der Waals surface area contributed by atoms with E-state index in [2.05, 4.69) is 20.8 Å². The van der Waals surface area contributed by atoms with Gasteiger partial charge in [0.05, 0.1) is 7.11 Å². The van der Waals surface area contributed by atoms with Crippen molar-refractivity contribution in [1.82, 2.24) is 9.97 Å². The Morgan fingerprint density at radius 1 is 1.06 bits per heavy atom. The van der Waals surface area contributed by atoms with Crippen LogP contribution < -0.4 is 14.4 Å². The summed E-state index contributed by atoms with van der Waals surface area (Å²) >= 11 is 0. The van der Waals surface area contributed by atoms with Crippen LogP contribution in [0.1, 0.15) is 37.7 Å². The third-order valence-electron chi connectivity index (χ3n) is 6.09. The summed E-state index contributed by atoms with van der Waals surface area (Å²) < 4.78 is 34.6. The molecule has 0 saturated carbocycles. The second kappa shape index (κ2) is 11.4. The van der Waals surface area contributed by atoms with Crippen molar-refractivity contribution in [3.8, 4) is 17.0 Å². The van der Waals surface area contributed by atoms with Crippen LogP contribution >= 0.6 is 0 Å². The minimum absolute atomic E-state index is 0.0400. The predicted octanol–water partition coefficient (Wildman–Crippen LogP) is 4.35. The number of carbonyl (C=O) groups is 1. The quantitative estimate of drug-likeness (QED) is 0.520. The van der Waals surface area contributed by atoms with Gasteiger partial charge in [-0.1, -0.05) is 36.8 Å². The van der Waals surface area contributed by atoms with Crippen molar-refractivity contribution in [3.05, 3.63) is 60.2 Å². The Labute approximate surface area is 211 Å². The average Bonchev–Trinajstić information content (AvgIpc) is 2.87. The number of sulfonamides is 1. The number of carboxylic acids is 1. The SMILES string of the molecule is COc1ccc2nc1-c1ccccc1CCCCCN(CCCC(=O)O)c1cccc(n1)S(=O)(=O)N2. The first kappa shape index (κ1) is 25.4. The van der Waals surface area contributed by atoms with Gasteiger partial charge < -0.3 is 14.7 Å². The van der Waals surface area contributed by atoms with Gasteiger partial charge in [-0.2, -0.15) is 8.42 Å². The lowest BCUT2D eigenvalue weighted by Gasteiger charge is -2.24. The second-order valence-corrected chi connectivity index (χ2v) is 10.3. The lowest BCUT2D eigenvalue weighted by Crippen LogP contribution is -2.28. The molecule has 0 unspecified atom stereocenters. The van der Waals surface area contributed by atoms with Gasteiger partial charge in [0.1, 0.15) is 23.1 Å². The van der Waals surface area contributed by atoms with Crippen molar-refractivity contribution in [2.45, 2.75) is 43.6 Å². The lowest BCUT2D eigenvalue weighted by molar-refractivity contribution is -0.137. The molecule has 3 aromatic rings. The summed E-state index contributed by atoms with van der Waals surface area (Å²) in [7, 11) is -2.46. The highest BCUT2D eigenvalue weighted by Crippen LogP contribution is 2.33. The van der Waals surface area contributed by atoms with Crippen molar-refractivity contribution in [3.63, 3.8) is 0 Å². The van der Waals surface area contributed by atoms with E-state index in [1.54, 1.807) is 31.4 Å². The number of hydrogen-bond acceptors (Lipinski definition) is 7. The number of pyridine rings is 2. The lowest BCUT2D eigenvalue weighted by atomic mass is 9.98. The molecule has 0 amide bonds. The molecule has 10 heteroatoms. The molecule has 9 nitrogen and oxygen atoms in total. The molecule has 2 aromatic heterocycles. The molecule has 36 heavy (non-hydrogen) atoms. The minimum atomic E-state index is -4.02. The fourth-order valence-electron chi connectivity index (χ4n) is 4.31. The molecule has 4 bridgehead atoms. The van der Waals surface area contributed by atoms with Crippen LogP contribution in [0.15, 0.2) is 59.6 Å². The zero-order valence-corrected chi connectivity index (χ0v) is 21.0. The zero-order chi connectivity index (χ0) is 25.5. The van der Waals surface area contributed by atoms with Gasteiger partial charge in [-0.15, -0.1) is 0 Å². The van der Waals surface area contributed by atoms with Crippen LogP contribution in [-0.2, 0) is 21.2 Å². The summed E-state index contributed by atoms with van der Waals surface area (Å²) in [5.74, 6) is 0.369. The molecule has 0 spiro atoms. The number of nitrogens with one attached hydrogen (secondary N) is 1. The van der Waals surface area contributed by atoms with Gasteiger partial charge in [0.25, 0.3) is 10.0 Å².